The molecule has 0 saturated heterocycles. The molecule has 0 aliphatic heterocycles. The molecule has 0 aromatic carbocycles. The molecule has 112 valence electrons. The van der Waals surface area contributed by atoms with Gasteiger partial charge in [0.2, 0.25) is 5.91 Å². The lowest BCUT2D eigenvalue weighted by atomic mass is 10.2. The Hall–Kier alpha value is -2.36. The number of nitrogens with zero attached hydrogens (tertiary/aromatic N) is 3. The van der Waals surface area contributed by atoms with E-state index in [9.17, 15) is 14.4 Å². The van der Waals surface area contributed by atoms with E-state index in [0.29, 0.717) is 6.54 Å². The van der Waals surface area contributed by atoms with Crippen LogP contribution in [0.2, 0.25) is 0 Å². The van der Waals surface area contributed by atoms with Crippen LogP contribution in [-0.4, -0.2) is 21.6 Å². The summed E-state index contributed by atoms with van der Waals surface area (Å²) in [5, 5.41) is 11.6. The molecule has 1 fully saturated rings. The van der Waals surface area contributed by atoms with Gasteiger partial charge in [-0.3, -0.25) is 14.2 Å². The molecule has 0 atom stereocenters. The van der Waals surface area contributed by atoms with E-state index < -0.39 is 17.2 Å². The number of carbonyl (C=O) groups excluding carboxylic acids is 1. The largest absolute Gasteiger partial charge is 0.354 e. The number of nitrogens with one attached hydrogen (secondary N) is 1. The van der Waals surface area contributed by atoms with Crippen LogP contribution in [0, 0.1) is 17.2 Å². The molecular weight excluding hydrogens is 272 g/mol. The maximum atomic E-state index is 12.2. The molecular formula is C14H18N4O3. The zero-order valence-electron chi connectivity index (χ0n) is 12.1. The minimum Gasteiger partial charge on any atom is -0.354 e. The van der Waals surface area contributed by atoms with Gasteiger partial charge in [-0.05, 0) is 18.8 Å². The first kappa shape index (κ1) is 15.0. The van der Waals surface area contributed by atoms with Gasteiger partial charge < -0.3 is 5.32 Å². The van der Waals surface area contributed by atoms with Crippen molar-refractivity contribution in [2.24, 2.45) is 5.92 Å². The Morgan fingerprint density at radius 3 is 2.67 bits per heavy atom. The summed E-state index contributed by atoms with van der Waals surface area (Å²) in [6.45, 7) is 4.01. The van der Waals surface area contributed by atoms with E-state index in [1.54, 1.807) is 6.07 Å². The summed E-state index contributed by atoms with van der Waals surface area (Å²) in [5.74, 6) is -0.125. The number of rotatable bonds is 5. The van der Waals surface area contributed by atoms with Gasteiger partial charge in [0.15, 0.2) is 0 Å². The molecule has 1 aliphatic rings. The average Bonchev–Trinajstić information content (AvgIpc) is 3.26. The van der Waals surface area contributed by atoms with Crippen LogP contribution in [0.5, 0.6) is 0 Å². The fraction of sp³-hybridized carbons (Fsp3) is 0.571. The normalized spacial score (nSPS) is 14.0. The van der Waals surface area contributed by atoms with Crippen molar-refractivity contribution < 1.29 is 4.79 Å². The predicted octanol–water partition coefficient (Wildman–Crippen LogP) is -0.0112. The van der Waals surface area contributed by atoms with E-state index in [1.165, 1.54) is 10.8 Å². The van der Waals surface area contributed by atoms with E-state index in [-0.39, 0.29) is 24.1 Å². The molecule has 1 amide bonds. The molecule has 1 saturated carbocycles. The Morgan fingerprint density at radius 2 is 2.14 bits per heavy atom. The monoisotopic (exact) mass is 290 g/mol. The average molecular weight is 290 g/mol. The summed E-state index contributed by atoms with van der Waals surface area (Å²) in [4.78, 5) is 36.1. The van der Waals surface area contributed by atoms with Gasteiger partial charge in [0.25, 0.3) is 5.56 Å². The fourth-order valence-electron chi connectivity index (χ4n) is 1.97. The summed E-state index contributed by atoms with van der Waals surface area (Å²) in [6.07, 6.45) is 3.00. The third kappa shape index (κ3) is 3.40. The van der Waals surface area contributed by atoms with Crippen LogP contribution in [0.1, 0.15) is 38.3 Å². The third-order valence-corrected chi connectivity index (χ3v) is 3.27. The van der Waals surface area contributed by atoms with E-state index in [2.05, 4.69) is 5.32 Å². The number of hydrogen-bond donors (Lipinski definition) is 1. The van der Waals surface area contributed by atoms with E-state index in [0.717, 1.165) is 17.4 Å². The van der Waals surface area contributed by atoms with Crippen LogP contribution >= 0.6 is 0 Å². The van der Waals surface area contributed by atoms with Gasteiger partial charge in [-0.2, -0.15) is 5.26 Å². The van der Waals surface area contributed by atoms with Crippen LogP contribution in [-0.2, 0) is 11.3 Å². The van der Waals surface area contributed by atoms with Crippen molar-refractivity contribution in [2.45, 2.75) is 39.3 Å². The molecule has 1 aliphatic carbocycles. The molecule has 0 unspecified atom stereocenters. The Morgan fingerprint density at radius 1 is 1.48 bits per heavy atom. The molecule has 21 heavy (non-hydrogen) atoms. The van der Waals surface area contributed by atoms with Gasteiger partial charge in [0.05, 0.1) is 0 Å². The highest BCUT2D eigenvalue weighted by atomic mass is 16.2. The lowest BCUT2D eigenvalue weighted by molar-refractivity contribution is -0.121. The molecule has 0 radical (unpaired) electrons. The maximum Gasteiger partial charge on any atom is 0.331 e. The zero-order chi connectivity index (χ0) is 15.6. The Kier molecular flexibility index (Phi) is 4.26. The lowest BCUT2D eigenvalue weighted by Gasteiger charge is -2.11. The number of amides is 1. The van der Waals surface area contributed by atoms with Gasteiger partial charge in [0.1, 0.15) is 18.2 Å². The van der Waals surface area contributed by atoms with Gasteiger partial charge in [-0.25, -0.2) is 9.36 Å². The second kappa shape index (κ2) is 5.95. The quantitative estimate of drug-likeness (QED) is 0.824. The standard InChI is InChI=1S/C14H18N4O3/c1-9(2)6-16-12(19)8-18-13(20)10(5-15)7-17(14(18)21)11-3-4-11/h7,9,11H,3-4,6,8H2,1-2H3,(H,16,19). The van der Waals surface area contributed by atoms with Crippen molar-refractivity contribution in [1.29, 1.82) is 5.26 Å². The summed E-state index contributed by atoms with van der Waals surface area (Å²) < 4.78 is 2.22. The van der Waals surface area contributed by atoms with Crippen molar-refractivity contribution in [2.75, 3.05) is 6.54 Å². The second-order valence-electron chi connectivity index (χ2n) is 5.66. The van der Waals surface area contributed by atoms with Crippen LogP contribution in [0.3, 0.4) is 0 Å². The van der Waals surface area contributed by atoms with Crippen LogP contribution in [0.15, 0.2) is 15.8 Å². The highest BCUT2D eigenvalue weighted by Crippen LogP contribution is 2.33. The van der Waals surface area contributed by atoms with Crippen LogP contribution in [0.25, 0.3) is 0 Å². The summed E-state index contributed by atoms with van der Waals surface area (Å²) in [7, 11) is 0. The highest BCUT2D eigenvalue weighted by molar-refractivity contribution is 5.75. The lowest BCUT2D eigenvalue weighted by Crippen LogP contribution is -2.44. The van der Waals surface area contributed by atoms with E-state index in [1.807, 2.05) is 13.8 Å². The van der Waals surface area contributed by atoms with E-state index in [4.69, 9.17) is 5.26 Å². The Balaban J connectivity index is 2.32. The van der Waals surface area contributed by atoms with Gasteiger partial charge in [-0.15, -0.1) is 0 Å². The highest BCUT2D eigenvalue weighted by Gasteiger charge is 2.27. The summed E-state index contributed by atoms with van der Waals surface area (Å²) in [6, 6.07) is 1.82. The molecule has 1 heterocycles. The van der Waals surface area contributed by atoms with Crippen LogP contribution < -0.4 is 16.6 Å². The molecule has 2 rings (SSSR count). The molecule has 1 N–H and O–H groups in total. The van der Waals surface area contributed by atoms with Gasteiger partial charge >= 0.3 is 5.69 Å². The van der Waals surface area contributed by atoms with Gasteiger partial charge in [0, 0.05) is 18.8 Å². The van der Waals surface area contributed by atoms with Crippen molar-refractivity contribution in [3.8, 4) is 6.07 Å². The van der Waals surface area contributed by atoms with E-state index >= 15 is 0 Å². The molecule has 0 bridgehead atoms. The number of aromatic nitrogens is 2. The minimum absolute atomic E-state index is 0.0372. The molecule has 7 nitrogen and oxygen atoms in total. The number of nitriles is 1. The third-order valence-electron chi connectivity index (χ3n) is 3.27. The fourth-order valence-corrected chi connectivity index (χ4v) is 1.97. The topological polar surface area (TPSA) is 96.9 Å². The molecule has 1 aromatic rings. The smallest absolute Gasteiger partial charge is 0.331 e. The summed E-state index contributed by atoms with van der Waals surface area (Å²) >= 11 is 0. The number of hydrogen-bond acceptors (Lipinski definition) is 4. The Labute approximate surface area is 121 Å². The predicted molar refractivity (Wildman–Crippen MR) is 75.8 cm³/mol. The van der Waals surface area contributed by atoms with Gasteiger partial charge in [-0.1, -0.05) is 13.8 Å². The SMILES string of the molecule is CC(C)CNC(=O)Cn1c(=O)c(C#N)cn(C2CC2)c1=O. The van der Waals surface area contributed by atoms with Crippen LogP contribution in [0.4, 0.5) is 0 Å². The minimum atomic E-state index is -0.709. The molecule has 0 spiro atoms. The Bertz CT molecular complexity index is 704. The molecule has 1 aromatic heterocycles. The first-order valence-electron chi connectivity index (χ1n) is 6.96. The van der Waals surface area contributed by atoms with Crippen molar-refractivity contribution in [3.63, 3.8) is 0 Å². The number of carbonyl (C=O) groups is 1. The summed E-state index contributed by atoms with van der Waals surface area (Å²) in [5.41, 5.74) is -1.35. The molecule has 7 heteroatoms. The maximum absolute atomic E-state index is 12.2. The second-order valence-corrected chi connectivity index (χ2v) is 5.66. The van der Waals surface area contributed by atoms with Crippen molar-refractivity contribution in [3.05, 3.63) is 32.6 Å². The zero-order valence-corrected chi connectivity index (χ0v) is 12.1. The first-order chi connectivity index (χ1) is 9.93. The van der Waals surface area contributed by atoms with Crippen molar-refractivity contribution >= 4 is 5.91 Å². The van der Waals surface area contributed by atoms with Crippen molar-refractivity contribution in [1.82, 2.24) is 14.5 Å². The first-order valence-corrected chi connectivity index (χ1v) is 6.96.